The predicted molar refractivity (Wildman–Crippen MR) is 155 cm³/mol. The first-order chi connectivity index (χ1) is 18.4. The van der Waals surface area contributed by atoms with Crippen molar-refractivity contribution in [2.24, 2.45) is 0 Å². The van der Waals surface area contributed by atoms with Gasteiger partial charge in [-0.2, -0.15) is 0 Å². The molecule has 1 rings (SSSR count). The van der Waals surface area contributed by atoms with Crippen molar-refractivity contribution in [1.82, 2.24) is 0 Å². The van der Waals surface area contributed by atoms with E-state index in [2.05, 4.69) is 19.4 Å². The average Bonchev–Trinajstić information content (AvgIpc) is 2.84. The van der Waals surface area contributed by atoms with Crippen LogP contribution in [0.1, 0.15) is 98.3 Å². The molecule has 0 aromatic rings. The number of hydrogen-bond acceptors (Lipinski definition) is 9. The highest BCUT2D eigenvalue weighted by molar-refractivity contribution is 8.32. The maximum atomic E-state index is 11.6. The number of esters is 2. The molecule has 232 valence electrons. The first-order valence-corrected chi connectivity index (χ1v) is 17.4. The van der Waals surface area contributed by atoms with Gasteiger partial charge in [-0.05, 0) is 24.7 Å². The van der Waals surface area contributed by atoms with Crippen LogP contribution >= 0.6 is 10.0 Å². The number of carbonyl (C=O) groups is 2. The van der Waals surface area contributed by atoms with Gasteiger partial charge in [-0.15, -0.1) is 0 Å². The summed E-state index contributed by atoms with van der Waals surface area (Å²) in [7, 11) is 0.694. The molecular weight excluding hydrogens is 524 g/mol. The molecule has 0 saturated carbocycles. The second-order valence-electron chi connectivity index (χ2n) is 11.2. The standard InChI is InChI=1S/C29H56O9S/c1-8-9-10-11-12-13-14-15-16-17-19-39(6,7)20-18-35-29(4)37-27(38-29)21-26(33-5)28(36-24(3)31)25(32)22-34-23(2)30/h25-28,32H,8-22H2,1-7H3. The Balaban J connectivity index is 2.31. The Morgan fingerprint density at radius 1 is 0.923 bits per heavy atom. The molecule has 10 heteroatoms. The SMILES string of the molecule is CCCCCCCCCCCCS(C)(C)CCOC1(C)OC(CC(OC)C(OC(C)=O)C(O)COC(C)=O)O1. The number of aliphatic hydroxyl groups is 1. The molecule has 9 nitrogen and oxygen atoms in total. The number of ether oxygens (including phenoxy) is 6. The fraction of sp³-hybridized carbons (Fsp3) is 0.931. The van der Waals surface area contributed by atoms with E-state index in [0.717, 1.165) is 5.75 Å². The van der Waals surface area contributed by atoms with E-state index >= 15 is 0 Å². The van der Waals surface area contributed by atoms with Crippen LogP contribution in [-0.4, -0.2) is 92.0 Å². The zero-order chi connectivity index (χ0) is 29.3. The lowest BCUT2D eigenvalue weighted by Gasteiger charge is -2.46. The topological polar surface area (TPSA) is 110 Å². The van der Waals surface area contributed by atoms with Gasteiger partial charge in [0.2, 0.25) is 0 Å². The molecular formula is C29H56O9S. The number of hydrogen-bond donors (Lipinski definition) is 1. The third-order valence-corrected chi connectivity index (χ3v) is 9.64. The van der Waals surface area contributed by atoms with Gasteiger partial charge in [0.05, 0.1) is 6.61 Å². The summed E-state index contributed by atoms with van der Waals surface area (Å²) in [5, 5.41) is 10.4. The normalized spacial score (nSPS) is 22.0. The van der Waals surface area contributed by atoms with Gasteiger partial charge in [0.25, 0.3) is 5.97 Å². The van der Waals surface area contributed by atoms with Crippen LogP contribution in [0.15, 0.2) is 0 Å². The van der Waals surface area contributed by atoms with Crippen LogP contribution in [0, 0.1) is 0 Å². The lowest BCUT2D eigenvalue weighted by molar-refractivity contribution is -0.535. The molecule has 1 aliphatic heterocycles. The van der Waals surface area contributed by atoms with Crippen molar-refractivity contribution in [1.29, 1.82) is 0 Å². The molecule has 0 aromatic carbocycles. The van der Waals surface area contributed by atoms with Crippen LogP contribution in [0.25, 0.3) is 0 Å². The van der Waals surface area contributed by atoms with E-state index in [-0.39, 0.29) is 13.0 Å². The average molecular weight is 581 g/mol. The van der Waals surface area contributed by atoms with Crippen LogP contribution < -0.4 is 0 Å². The minimum Gasteiger partial charge on any atom is -0.463 e. The van der Waals surface area contributed by atoms with Crippen molar-refractivity contribution in [3.05, 3.63) is 0 Å². The Labute approximate surface area is 238 Å². The van der Waals surface area contributed by atoms with Crippen molar-refractivity contribution < 1.29 is 43.1 Å². The summed E-state index contributed by atoms with van der Waals surface area (Å²) in [6.45, 7) is 6.69. The fourth-order valence-electron chi connectivity index (χ4n) is 4.63. The lowest BCUT2D eigenvalue weighted by Crippen LogP contribution is -2.56. The van der Waals surface area contributed by atoms with Crippen molar-refractivity contribution in [2.45, 2.75) is 129 Å². The molecule has 3 unspecified atom stereocenters. The molecule has 0 bridgehead atoms. The van der Waals surface area contributed by atoms with Crippen LogP contribution in [-0.2, 0) is 38.0 Å². The van der Waals surface area contributed by atoms with Crippen molar-refractivity contribution >= 4 is 22.0 Å². The van der Waals surface area contributed by atoms with Gasteiger partial charge in [0.15, 0.2) is 12.4 Å². The molecule has 1 heterocycles. The molecule has 3 atom stereocenters. The van der Waals surface area contributed by atoms with Gasteiger partial charge in [0, 0.05) is 40.1 Å². The second-order valence-corrected chi connectivity index (χ2v) is 15.5. The van der Waals surface area contributed by atoms with Gasteiger partial charge in [-0.3, -0.25) is 19.1 Å². The highest BCUT2D eigenvalue weighted by atomic mass is 32.3. The first kappa shape index (κ1) is 36.1. The van der Waals surface area contributed by atoms with E-state index < -0.39 is 52.5 Å². The summed E-state index contributed by atoms with van der Waals surface area (Å²) in [6, 6.07) is 0. The van der Waals surface area contributed by atoms with Crippen molar-refractivity contribution in [2.75, 3.05) is 44.3 Å². The minimum absolute atomic E-state index is 0.194. The summed E-state index contributed by atoms with van der Waals surface area (Å²) in [6.07, 6.45) is 14.7. The van der Waals surface area contributed by atoms with Crippen LogP contribution in [0.4, 0.5) is 0 Å². The minimum atomic E-state index is -1.26. The Bertz CT molecular complexity index is 682. The molecule has 1 fully saturated rings. The lowest BCUT2D eigenvalue weighted by atomic mass is 10.0. The summed E-state index contributed by atoms with van der Waals surface area (Å²) in [5.41, 5.74) is 0. The summed E-state index contributed by atoms with van der Waals surface area (Å²) in [5.74, 6) is -0.0405. The van der Waals surface area contributed by atoms with E-state index in [1.807, 2.05) is 0 Å². The summed E-state index contributed by atoms with van der Waals surface area (Å²) >= 11 is 0. The van der Waals surface area contributed by atoms with Crippen LogP contribution in [0.3, 0.4) is 0 Å². The van der Waals surface area contributed by atoms with Crippen molar-refractivity contribution in [3.8, 4) is 0 Å². The maximum absolute atomic E-state index is 11.6. The molecule has 0 aromatic heterocycles. The Kier molecular flexibility index (Phi) is 17.8. The molecule has 0 spiro atoms. The van der Waals surface area contributed by atoms with Crippen molar-refractivity contribution in [3.63, 3.8) is 0 Å². The van der Waals surface area contributed by atoms with Gasteiger partial charge in [-0.25, -0.2) is 10.0 Å². The predicted octanol–water partition coefficient (Wildman–Crippen LogP) is 5.30. The molecule has 0 aliphatic carbocycles. The molecule has 39 heavy (non-hydrogen) atoms. The molecule has 0 amide bonds. The smallest absolute Gasteiger partial charge is 0.303 e. The van der Waals surface area contributed by atoms with E-state index in [1.54, 1.807) is 6.92 Å². The monoisotopic (exact) mass is 580 g/mol. The van der Waals surface area contributed by atoms with E-state index in [9.17, 15) is 14.7 Å². The van der Waals surface area contributed by atoms with E-state index in [0.29, 0.717) is 6.61 Å². The van der Waals surface area contributed by atoms with Gasteiger partial charge < -0.3 is 24.1 Å². The molecule has 1 saturated heterocycles. The molecule has 0 radical (unpaired) electrons. The Morgan fingerprint density at radius 3 is 2.00 bits per heavy atom. The fourth-order valence-corrected chi connectivity index (χ4v) is 6.36. The number of aliphatic hydroxyl groups excluding tert-OH is 1. The third-order valence-electron chi connectivity index (χ3n) is 6.97. The second kappa shape index (κ2) is 19.3. The van der Waals surface area contributed by atoms with E-state index in [1.165, 1.54) is 90.9 Å². The Hall–Kier alpha value is -0.910. The summed E-state index contributed by atoms with van der Waals surface area (Å²) < 4.78 is 33.2. The highest BCUT2D eigenvalue weighted by Crippen LogP contribution is 2.41. The summed E-state index contributed by atoms with van der Waals surface area (Å²) in [4.78, 5) is 22.7. The maximum Gasteiger partial charge on any atom is 0.303 e. The largest absolute Gasteiger partial charge is 0.463 e. The van der Waals surface area contributed by atoms with Crippen LogP contribution in [0.2, 0.25) is 0 Å². The third kappa shape index (κ3) is 16.2. The molecule has 1 N–H and O–H groups in total. The number of unbranched alkanes of at least 4 members (excludes halogenated alkanes) is 9. The number of rotatable bonds is 23. The highest BCUT2D eigenvalue weighted by Gasteiger charge is 2.47. The number of carbonyl (C=O) groups excluding carboxylic acids is 2. The van der Waals surface area contributed by atoms with E-state index in [4.69, 9.17) is 28.4 Å². The first-order valence-electron chi connectivity index (χ1n) is 14.6. The zero-order valence-corrected chi connectivity index (χ0v) is 26.4. The zero-order valence-electron chi connectivity index (χ0n) is 25.5. The Morgan fingerprint density at radius 2 is 1.49 bits per heavy atom. The van der Waals surface area contributed by atoms with Gasteiger partial charge in [-0.1, -0.05) is 64.7 Å². The quantitative estimate of drug-likeness (QED) is 0.127. The number of methoxy groups -OCH3 is 1. The van der Waals surface area contributed by atoms with Gasteiger partial charge >= 0.3 is 11.9 Å². The molecule has 1 aliphatic rings. The van der Waals surface area contributed by atoms with Gasteiger partial charge in [0.1, 0.15) is 18.8 Å². The van der Waals surface area contributed by atoms with Crippen LogP contribution in [0.5, 0.6) is 0 Å².